The van der Waals surface area contributed by atoms with Crippen molar-refractivity contribution in [1.82, 2.24) is 0 Å². The largest absolute Gasteiger partial charge is 0.263 e. The zero-order valence-electron chi connectivity index (χ0n) is 16.9. The van der Waals surface area contributed by atoms with E-state index in [4.69, 9.17) is 0 Å². The van der Waals surface area contributed by atoms with Gasteiger partial charge in [0.15, 0.2) is 0 Å². The Hall–Kier alpha value is -0.0399. The standard InChI is InChI=1S/C13H21.C10H15.Hf/c1-10(2)9-12-8-7-11-5-3-4-6-13(11)12;1-7-6-10(4,5)9(3)8(7)2;/h7-8,10-11,13H,3-6,9H2,1-2H3;1-5H3;/q2*-1;. The minimum absolute atomic E-state index is 0. The van der Waals surface area contributed by atoms with E-state index >= 15 is 0 Å². The first-order valence-corrected chi connectivity index (χ1v) is 9.56. The number of rotatable bonds is 2. The fourth-order valence-corrected chi connectivity index (χ4v) is 4.32. The van der Waals surface area contributed by atoms with Gasteiger partial charge in [-0.1, -0.05) is 96.8 Å². The van der Waals surface area contributed by atoms with Crippen molar-refractivity contribution in [2.75, 3.05) is 0 Å². The maximum absolute atomic E-state index is 3.44. The molecular weight excluding hydrogens is 455 g/mol. The van der Waals surface area contributed by atoms with Crippen molar-refractivity contribution in [3.8, 4) is 0 Å². The van der Waals surface area contributed by atoms with Gasteiger partial charge in [0.2, 0.25) is 0 Å². The Morgan fingerprint density at radius 2 is 1.79 bits per heavy atom. The monoisotopic (exact) mass is 492 g/mol. The summed E-state index contributed by atoms with van der Waals surface area (Å²) in [7, 11) is 0. The summed E-state index contributed by atoms with van der Waals surface area (Å²) in [5.74, 6) is 4.44. The Labute approximate surface area is 170 Å². The van der Waals surface area contributed by atoms with E-state index in [9.17, 15) is 0 Å². The Kier molecular flexibility index (Phi) is 8.31. The summed E-state index contributed by atoms with van der Waals surface area (Å²) in [6, 6.07) is 0. The summed E-state index contributed by atoms with van der Waals surface area (Å²) in [6.07, 6.45) is 15.5. The summed E-state index contributed by atoms with van der Waals surface area (Å²) < 4.78 is 0. The number of hydrogen-bond donors (Lipinski definition) is 0. The summed E-state index contributed by atoms with van der Waals surface area (Å²) in [5.41, 5.74) is 4.39. The molecular formula is C23H36Hf-2. The first-order chi connectivity index (χ1) is 10.7. The summed E-state index contributed by atoms with van der Waals surface area (Å²) in [5, 5.41) is 0. The molecule has 2 unspecified atom stereocenters. The van der Waals surface area contributed by atoms with E-state index < -0.39 is 0 Å². The van der Waals surface area contributed by atoms with Crippen LogP contribution >= 0.6 is 0 Å². The van der Waals surface area contributed by atoms with Crippen molar-refractivity contribution < 1.29 is 25.8 Å². The molecule has 134 valence electrons. The molecule has 0 aromatic heterocycles. The van der Waals surface area contributed by atoms with Crippen molar-refractivity contribution in [3.05, 3.63) is 40.9 Å². The first-order valence-electron chi connectivity index (χ1n) is 9.56. The van der Waals surface area contributed by atoms with Crippen molar-refractivity contribution in [3.63, 3.8) is 0 Å². The van der Waals surface area contributed by atoms with Crippen LogP contribution in [0.1, 0.15) is 80.6 Å². The SMILES string of the molecule is CC(C)C[C-]1C=CC2CCCCC12.CC1=[C-]C(C)(C)C(C)=C1C.[Hf]. The Balaban J connectivity index is 0.000000238. The molecule has 0 N–H and O–H groups in total. The van der Waals surface area contributed by atoms with Gasteiger partial charge in [-0.15, -0.1) is 6.92 Å². The zero-order chi connectivity index (χ0) is 17.2. The summed E-state index contributed by atoms with van der Waals surface area (Å²) >= 11 is 0. The molecule has 1 heteroatoms. The molecule has 0 bridgehead atoms. The van der Waals surface area contributed by atoms with Gasteiger partial charge >= 0.3 is 0 Å². The molecule has 0 amide bonds. The molecule has 0 saturated heterocycles. The number of allylic oxidation sites excluding steroid dienone is 6. The fraction of sp³-hybridized carbons (Fsp3) is 0.696. The maximum Gasteiger partial charge on any atom is 0 e. The van der Waals surface area contributed by atoms with Gasteiger partial charge in [0.1, 0.15) is 0 Å². The van der Waals surface area contributed by atoms with Crippen LogP contribution in [-0.2, 0) is 25.8 Å². The third kappa shape index (κ3) is 5.23. The predicted molar refractivity (Wildman–Crippen MR) is 102 cm³/mol. The molecule has 2 atom stereocenters. The van der Waals surface area contributed by atoms with Crippen LogP contribution < -0.4 is 0 Å². The van der Waals surface area contributed by atoms with Gasteiger partial charge < -0.3 is 0 Å². The number of fused-ring (bicyclic) bond motifs is 1. The smallest absolute Gasteiger partial charge is 0 e. The minimum atomic E-state index is 0. The second kappa shape index (κ2) is 9.06. The van der Waals surface area contributed by atoms with E-state index in [0.717, 1.165) is 17.8 Å². The Morgan fingerprint density at radius 1 is 1.17 bits per heavy atom. The maximum atomic E-state index is 3.44. The molecule has 3 rings (SSSR count). The second-order valence-corrected chi connectivity index (χ2v) is 8.71. The normalized spacial score (nSPS) is 27.5. The van der Waals surface area contributed by atoms with Crippen LogP contribution in [0.5, 0.6) is 0 Å². The predicted octanol–water partition coefficient (Wildman–Crippen LogP) is 7.09. The molecule has 1 fully saturated rings. The van der Waals surface area contributed by atoms with Gasteiger partial charge in [0.25, 0.3) is 0 Å². The van der Waals surface area contributed by atoms with Crippen LogP contribution in [0.15, 0.2) is 28.9 Å². The van der Waals surface area contributed by atoms with Crippen molar-refractivity contribution in [1.29, 1.82) is 0 Å². The van der Waals surface area contributed by atoms with Crippen molar-refractivity contribution in [2.24, 2.45) is 23.2 Å². The van der Waals surface area contributed by atoms with Gasteiger partial charge in [-0.25, -0.2) is 23.6 Å². The van der Waals surface area contributed by atoms with Gasteiger partial charge in [0.05, 0.1) is 0 Å². The molecule has 0 radical (unpaired) electrons. The molecule has 24 heavy (non-hydrogen) atoms. The quantitative estimate of drug-likeness (QED) is 0.286. The zero-order valence-corrected chi connectivity index (χ0v) is 20.5. The van der Waals surface area contributed by atoms with Gasteiger partial charge in [-0.2, -0.15) is 11.1 Å². The third-order valence-corrected chi connectivity index (χ3v) is 6.06. The van der Waals surface area contributed by atoms with Crippen LogP contribution in [0.2, 0.25) is 0 Å². The van der Waals surface area contributed by atoms with Crippen LogP contribution in [0, 0.1) is 35.2 Å². The second-order valence-electron chi connectivity index (χ2n) is 8.71. The van der Waals surface area contributed by atoms with Crippen LogP contribution in [0.3, 0.4) is 0 Å². The van der Waals surface area contributed by atoms with Gasteiger partial charge in [-0.3, -0.25) is 6.08 Å². The van der Waals surface area contributed by atoms with E-state index in [1.807, 2.05) is 0 Å². The van der Waals surface area contributed by atoms with Gasteiger partial charge in [-0.05, 0) is 0 Å². The molecule has 0 spiro atoms. The number of hydrogen-bond acceptors (Lipinski definition) is 0. The summed E-state index contributed by atoms with van der Waals surface area (Å²) in [6.45, 7) is 15.6. The van der Waals surface area contributed by atoms with Crippen LogP contribution in [0.25, 0.3) is 0 Å². The van der Waals surface area contributed by atoms with E-state index in [1.54, 1.807) is 5.92 Å². The molecule has 0 aromatic carbocycles. The third-order valence-electron chi connectivity index (χ3n) is 6.06. The van der Waals surface area contributed by atoms with Crippen molar-refractivity contribution in [2.45, 2.75) is 80.6 Å². The average Bonchev–Trinajstić information content (AvgIpc) is 2.95. The average molecular weight is 491 g/mol. The summed E-state index contributed by atoms with van der Waals surface area (Å²) in [4.78, 5) is 0. The van der Waals surface area contributed by atoms with Crippen LogP contribution in [0.4, 0.5) is 0 Å². The molecule has 3 aliphatic rings. The van der Waals surface area contributed by atoms with Gasteiger partial charge in [0, 0.05) is 25.8 Å². The minimum Gasteiger partial charge on any atom is -0.263 e. The van der Waals surface area contributed by atoms with E-state index in [0.29, 0.717) is 0 Å². The van der Waals surface area contributed by atoms with Crippen molar-refractivity contribution >= 4 is 0 Å². The Bertz CT molecular complexity index is 504. The van der Waals surface area contributed by atoms with E-state index in [1.165, 1.54) is 48.8 Å². The fourth-order valence-electron chi connectivity index (χ4n) is 4.32. The molecule has 3 aliphatic carbocycles. The molecule has 0 heterocycles. The molecule has 0 aliphatic heterocycles. The molecule has 1 saturated carbocycles. The molecule has 0 aromatic rings. The first kappa shape index (κ1) is 22.0. The van der Waals surface area contributed by atoms with E-state index in [2.05, 4.69) is 66.7 Å². The molecule has 0 nitrogen and oxygen atoms in total. The van der Waals surface area contributed by atoms with Crippen LogP contribution in [-0.4, -0.2) is 0 Å². The van der Waals surface area contributed by atoms with E-state index in [-0.39, 0.29) is 31.3 Å². The Morgan fingerprint density at radius 3 is 2.25 bits per heavy atom. The topological polar surface area (TPSA) is 0 Å².